The zero-order chi connectivity index (χ0) is 10.7. The Morgan fingerprint density at radius 3 is 2.93 bits per heavy atom. The standard InChI is InChI=1S/C12H17BrN2/c13-11-5-1-2-6-12(11)15-9-3-4-10(15)7-8-14/h1-2,5-6,10H,3-4,7-9,14H2. The summed E-state index contributed by atoms with van der Waals surface area (Å²) in [7, 11) is 0. The van der Waals surface area contributed by atoms with Gasteiger partial charge in [-0.25, -0.2) is 0 Å². The van der Waals surface area contributed by atoms with E-state index in [0.717, 1.165) is 19.5 Å². The number of rotatable bonds is 3. The average Bonchev–Trinajstić information content (AvgIpc) is 2.67. The van der Waals surface area contributed by atoms with Crippen molar-refractivity contribution in [2.24, 2.45) is 5.73 Å². The molecule has 1 aromatic rings. The highest BCUT2D eigenvalue weighted by molar-refractivity contribution is 9.10. The number of hydrogen-bond acceptors (Lipinski definition) is 2. The van der Waals surface area contributed by atoms with Crippen molar-refractivity contribution in [3.8, 4) is 0 Å². The van der Waals surface area contributed by atoms with E-state index in [1.807, 2.05) is 0 Å². The van der Waals surface area contributed by atoms with Gasteiger partial charge in [-0.05, 0) is 53.9 Å². The molecule has 0 bridgehead atoms. The zero-order valence-electron chi connectivity index (χ0n) is 8.82. The molecule has 1 heterocycles. The van der Waals surface area contributed by atoms with Crippen molar-refractivity contribution < 1.29 is 0 Å². The summed E-state index contributed by atoms with van der Waals surface area (Å²) in [6.07, 6.45) is 3.66. The molecule has 1 aliphatic rings. The molecule has 1 aliphatic heterocycles. The SMILES string of the molecule is NCCC1CCCN1c1ccccc1Br. The maximum atomic E-state index is 5.65. The van der Waals surface area contributed by atoms with Gasteiger partial charge < -0.3 is 10.6 Å². The summed E-state index contributed by atoms with van der Waals surface area (Å²) in [5.41, 5.74) is 6.96. The number of para-hydroxylation sites is 1. The summed E-state index contributed by atoms with van der Waals surface area (Å²) in [4.78, 5) is 2.48. The van der Waals surface area contributed by atoms with Crippen LogP contribution < -0.4 is 10.6 Å². The maximum absolute atomic E-state index is 5.65. The van der Waals surface area contributed by atoms with Crippen LogP contribution in [-0.2, 0) is 0 Å². The minimum atomic E-state index is 0.633. The Kier molecular flexibility index (Phi) is 3.65. The highest BCUT2D eigenvalue weighted by Gasteiger charge is 2.24. The van der Waals surface area contributed by atoms with Crippen LogP contribution in [0.1, 0.15) is 19.3 Å². The second kappa shape index (κ2) is 4.99. The van der Waals surface area contributed by atoms with Crippen molar-refractivity contribution >= 4 is 21.6 Å². The van der Waals surface area contributed by atoms with E-state index < -0.39 is 0 Å². The molecule has 0 amide bonds. The molecule has 2 N–H and O–H groups in total. The third-order valence-electron chi connectivity index (χ3n) is 3.04. The molecule has 82 valence electrons. The lowest BCUT2D eigenvalue weighted by Crippen LogP contribution is -2.31. The Bertz CT molecular complexity index is 327. The molecule has 0 spiro atoms. The first-order valence-electron chi connectivity index (χ1n) is 5.54. The van der Waals surface area contributed by atoms with E-state index in [0.29, 0.717) is 6.04 Å². The van der Waals surface area contributed by atoms with Gasteiger partial charge in [0.25, 0.3) is 0 Å². The van der Waals surface area contributed by atoms with Crippen LogP contribution >= 0.6 is 15.9 Å². The lowest BCUT2D eigenvalue weighted by molar-refractivity contribution is 0.618. The van der Waals surface area contributed by atoms with Crippen molar-refractivity contribution in [1.82, 2.24) is 0 Å². The van der Waals surface area contributed by atoms with Gasteiger partial charge in [-0.1, -0.05) is 12.1 Å². The molecule has 0 aromatic heterocycles. The average molecular weight is 269 g/mol. The Morgan fingerprint density at radius 1 is 1.40 bits per heavy atom. The lowest BCUT2D eigenvalue weighted by Gasteiger charge is -2.27. The third-order valence-corrected chi connectivity index (χ3v) is 3.71. The molecule has 1 unspecified atom stereocenters. The summed E-state index contributed by atoms with van der Waals surface area (Å²) in [5.74, 6) is 0. The van der Waals surface area contributed by atoms with Crippen LogP contribution in [0.3, 0.4) is 0 Å². The van der Waals surface area contributed by atoms with Crippen LogP contribution in [0.2, 0.25) is 0 Å². The van der Waals surface area contributed by atoms with Crippen molar-refractivity contribution in [3.05, 3.63) is 28.7 Å². The number of nitrogens with zero attached hydrogens (tertiary/aromatic N) is 1. The molecule has 2 nitrogen and oxygen atoms in total. The molecule has 0 aliphatic carbocycles. The molecule has 1 saturated heterocycles. The number of hydrogen-bond donors (Lipinski definition) is 1. The largest absolute Gasteiger partial charge is 0.368 e. The fourth-order valence-corrected chi connectivity index (χ4v) is 2.84. The summed E-state index contributed by atoms with van der Waals surface area (Å²) in [5, 5.41) is 0. The van der Waals surface area contributed by atoms with E-state index in [4.69, 9.17) is 5.73 Å². The van der Waals surface area contributed by atoms with Gasteiger partial charge in [0.2, 0.25) is 0 Å². The van der Waals surface area contributed by atoms with Crippen LogP contribution in [0.4, 0.5) is 5.69 Å². The summed E-state index contributed by atoms with van der Waals surface area (Å²) < 4.78 is 1.19. The predicted molar refractivity (Wildman–Crippen MR) is 68.2 cm³/mol. The lowest BCUT2D eigenvalue weighted by atomic mass is 10.1. The topological polar surface area (TPSA) is 29.3 Å². The van der Waals surface area contributed by atoms with Gasteiger partial charge in [0.05, 0.1) is 5.69 Å². The Hall–Kier alpha value is -0.540. The number of halogens is 1. The first-order chi connectivity index (χ1) is 7.33. The maximum Gasteiger partial charge on any atom is 0.0513 e. The zero-order valence-corrected chi connectivity index (χ0v) is 10.4. The highest BCUT2D eigenvalue weighted by atomic mass is 79.9. The monoisotopic (exact) mass is 268 g/mol. The second-order valence-corrected chi connectivity index (χ2v) is 4.87. The van der Waals surface area contributed by atoms with Gasteiger partial charge in [-0.15, -0.1) is 0 Å². The molecule has 2 rings (SSSR count). The minimum Gasteiger partial charge on any atom is -0.368 e. The van der Waals surface area contributed by atoms with Gasteiger partial charge in [0.1, 0.15) is 0 Å². The first-order valence-corrected chi connectivity index (χ1v) is 6.33. The van der Waals surface area contributed by atoms with E-state index in [-0.39, 0.29) is 0 Å². The van der Waals surface area contributed by atoms with Crippen LogP contribution in [-0.4, -0.2) is 19.1 Å². The van der Waals surface area contributed by atoms with E-state index in [1.54, 1.807) is 0 Å². The van der Waals surface area contributed by atoms with E-state index in [2.05, 4.69) is 45.1 Å². The predicted octanol–water partition coefficient (Wildman–Crippen LogP) is 2.77. The Labute approximate surface area is 99.6 Å². The molecule has 3 heteroatoms. The number of anilines is 1. The molecule has 1 aromatic carbocycles. The van der Waals surface area contributed by atoms with E-state index in [1.165, 1.54) is 23.0 Å². The van der Waals surface area contributed by atoms with Crippen molar-refractivity contribution in [2.45, 2.75) is 25.3 Å². The van der Waals surface area contributed by atoms with Gasteiger partial charge in [0, 0.05) is 17.1 Å². The molecule has 0 radical (unpaired) electrons. The first kappa shape index (κ1) is 11.0. The Morgan fingerprint density at radius 2 is 2.20 bits per heavy atom. The molecular formula is C12H17BrN2. The third kappa shape index (κ3) is 2.34. The summed E-state index contributed by atoms with van der Waals surface area (Å²) in [6, 6.07) is 9.07. The molecule has 0 saturated carbocycles. The quantitative estimate of drug-likeness (QED) is 0.914. The van der Waals surface area contributed by atoms with Crippen LogP contribution in [0.25, 0.3) is 0 Å². The summed E-state index contributed by atoms with van der Waals surface area (Å²) >= 11 is 3.61. The molecule has 15 heavy (non-hydrogen) atoms. The highest BCUT2D eigenvalue weighted by Crippen LogP contribution is 2.32. The van der Waals surface area contributed by atoms with Crippen LogP contribution in [0.15, 0.2) is 28.7 Å². The van der Waals surface area contributed by atoms with E-state index in [9.17, 15) is 0 Å². The van der Waals surface area contributed by atoms with Crippen LogP contribution in [0, 0.1) is 0 Å². The molecular weight excluding hydrogens is 252 g/mol. The Balaban J connectivity index is 2.19. The molecule has 1 atom stereocenters. The number of benzene rings is 1. The fourth-order valence-electron chi connectivity index (χ4n) is 2.33. The van der Waals surface area contributed by atoms with Crippen LogP contribution in [0.5, 0.6) is 0 Å². The van der Waals surface area contributed by atoms with Crippen molar-refractivity contribution in [1.29, 1.82) is 0 Å². The van der Waals surface area contributed by atoms with Crippen molar-refractivity contribution in [2.75, 3.05) is 18.0 Å². The van der Waals surface area contributed by atoms with E-state index >= 15 is 0 Å². The minimum absolute atomic E-state index is 0.633. The second-order valence-electron chi connectivity index (χ2n) is 4.02. The fraction of sp³-hybridized carbons (Fsp3) is 0.500. The van der Waals surface area contributed by atoms with Gasteiger partial charge in [-0.2, -0.15) is 0 Å². The smallest absolute Gasteiger partial charge is 0.0513 e. The normalized spacial score (nSPS) is 20.9. The van der Waals surface area contributed by atoms with Gasteiger partial charge in [-0.3, -0.25) is 0 Å². The summed E-state index contributed by atoms with van der Waals surface area (Å²) in [6.45, 7) is 1.94. The van der Waals surface area contributed by atoms with Gasteiger partial charge in [0.15, 0.2) is 0 Å². The molecule has 1 fully saturated rings. The number of nitrogens with two attached hydrogens (primary N) is 1. The van der Waals surface area contributed by atoms with Crippen molar-refractivity contribution in [3.63, 3.8) is 0 Å². The van der Waals surface area contributed by atoms with Gasteiger partial charge >= 0.3 is 0 Å².